The third-order valence-corrected chi connectivity index (χ3v) is 2.47. The first-order chi connectivity index (χ1) is 5.53. The molecule has 1 heterocycles. The van der Waals surface area contributed by atoms with Crippen molar-refractivity contribution in [1.82, 2.24) is 0 Å². The second kappa shape index (κ2) is 3.69. The number of nitrogens with zero attached hydrogens (tertiary/aromatic N) is 1. The molecule has 0 saturated heterocycles. The maximum absolute atomic E-state index is 5.58. The smallest absolute Gasteiger partial charge is 0.246 e. The highest BCUT2D eigenvalue weighted by molar-refractivity contribution is 8.13. The molecule has 2 nitrogen and oxygen atoms in total. The van der Waals surface area contributed by atoms with E-state index < -0.39 is 0 Å². The van der Waals surface area contributed by atoms with E-state index in [1.54, 1.807) is 11.8 Å². The Morgan fingerprint density at radius 1 is 1.67 bits per heavy atom. The van der Waals surface area contributed by atoms with Gasteiger partial charge in [0.25, 0.3) is 0 Å². The number of aliphatic imine (C=N–C) groups is 1. The molecule has 0 bridgehead atoms. The van der Waals surface area contributed by atoms with Crippen LogP contribution in [0, 0.1) is 0 Å². The molecule has 0 aromatic carbocycles. The molecule has 70 valence electrons. The number of rotatable bonds is 1. The van der Waals surface area contributed by atoms with Gasteiger partial charge in [0.2, 0.25) is 5.23 Å². The summed E-state index contributed by atoms with van der Waals surface area (Å²) in [6.45, 7) is 8.53. The fraction of sp³-hybridized carbons (Fsp3) is 0.889. The van der Waals surface area contributed by atoms with E-state index in [9.17, 15) is 0 Å². The molecule has 0 unspecified atom stereocenters. The second-order valence-corrected chi connectivity index (χ2v) is 4.97. The largest absolute Gasteiger partial charge is 0.470 e. The van der Waals surface area contributed by atoms with Crippen LogP contribution in [0.25, 0.3) is 0 Å². The summed E-state index contributed by atoms with van der Waals surface area (Å²) in [6.07, 6.45) is 1.33. The highest BCUT2D eigenvalue weighted by Crippen LogP contribution is 2.26. The first-order valence-corrected chi connectivity index (χ1v) is 5.41. The number of ether oxygens (including phenoxy) is 1. The van der Waals surface area contributed by atoms with Crippen molar-refractivity contribution in [2.45, 2.75) is 45.8 Å². The van der Waals surface area contributed by atoms with E-state index in [0.717, 1.165) is 17.4 Å². The Labute approximate surface area is 78.8 Å². The summed E-state index contributed by atoms with van der Waals surface area (Å²) in [5.74, 6) is 1.03. The van der Waals surface area contributed by atoms with Gasteiger partial charge in [0.05, 0.1) is 5.54 Å². The van der Waals surface area contributed by atoms with Crippen molar-refractivity contribution < 1.29 is 4.74 Å². The molecular formula is C9H17NOS. The van der Waals surface area contributed by atoms with Gasteiger partial charge in [-0.3, -0.25) is 0 Å². The molecule has 3 heteroatoms. The molecule has 0 amide bonds. The van der Waals surface area contributed by atoms with Gasteiger partial charge in [0, 0.05) is 6.42 Å². The van der Waals surface area contributed by atoms with Crippen LogP contribution in [0.4, 0.5) is 0 Å². The first kappa shape index (κ1) is 9.90. The van der Waals surface area contributed by atoms with Gasteiger partial charge in [-0.15, -0.1) is 0 Å². The Hall–Kier alpha value is -0.180. The van der Waals surface area contributed by atoms with Gasteiger partial charge in [0.15, 0.2) is 0 Å². The fourth-order valence-electron chi connectivity index (χ4n) is 1.43. The third kappa shape index (κ3) is 2.70. The minimum Gasteiger partial charge on any atom is -0.470 e. The van der Waals surface area contributed by atoms with Gasteiger partial charge < -0.3 is 4.74 Å². The Bertz CT molecular complexity index is 189. The lowest BCUT2D eigenvalue weighted by Crippen LogP contribution is -2.32. The molecule has 1 aliphatic rings. The van der Waals surface area contributed by atoms with Crippen molar-refractivity contribution in [1.29, 1.82) is 0 Å². The Morgan fingerprint density at radius 3 is 2.83 bits per heavy atom. The van der Waals surface area contributed by atoms with E-state index in [4.69, 9.17) is 4.74 Å². The maximum atomic E-state index is 5.58. The van der Waals surface area contributed by atoms with Gasteiger partial charge in [-0.25, -0.2) is 4.99 Å². The topological polar surface area (TPSA) is 21.6 Å². The van der Waals surface area contributed by atoms with Crippen molar-refractivity contribution in [2.75, 3.05) is 5.75 Å². The summed E-state index contributed by atoms with van der Waals surface area (Å²) in [5, 5.41) is 0.862. The monoisotopic (exact) mass is 187 g/mol. The zero-order valence-corrected chi connectivity index (χ0v) is 9.07. The highest BCUT2D eigenvalue weighted by Gasteiger charge is 2.27. The standard InChI is InChI=1S/C9H17NOS/c1-5-12-8-10-9(3,4)6-7(2)11-8/h7H,5-6H2,1-4H3/t7-/m1/s1. The molecule has 12 heavy (non-hydrogen) atoms. The van der Waals surface area contributed by atoms with Crippen molar-refractivity contribution in [3.63, 3.8) is 0 Å². The van der Waals surface area contributed by atoms with E-state index in [1.807, 2.05) is 0 Å². The van der Waals surface area contributed by atoms with Crippen LogP contribution in [0.3, 0.4) is 0 Å². The molecule has 0 aliphatic carbocycles. The van der Waals surface area contributed by atoms with Crippen LogP contribution in [0.5, 0.6) is 0 Å². The number of thioether (sulfide) groups is 1. The predicted octanol–water partition coefficient (Wildman–Crippen LogP) is 2.68. The lowest BCUT2D eigenvalue weighted by Gasteiger charge is -2.30. The van der Waals surface area contributed by atoms with Crippen molar-refractivity contribution in [3.8, 4) is 0 Å². The van der Waals surface area contributed by atoms with Crippen LogP contribution in [-0.2, 0) is 4.74 Å². The summed E-state index contributed by atoms with van der Waals surface area (Å²) in [7, 11) is 0. The quantitative estimate of drug-likeness (QED) is 0.629. The van der Waals surface area contributed by atoms with Gasteiger partial charge in [0.1, 0.15) is 6.10 Å². The van der Waals surface area contributed by atoms with Crippen LogP contribution in [0.15, 0.2) is 4.99 Å². The minimum absolute atomic E-state index is 0.0647. The van der Waals surface area contributed by atoms with E-state index >= 15 is 0 Å². The van der Waals surface area contributed by atoms with Crippen LogP contribution in [0.2, 0.25) is 0 Å². The molecule has 0 spiro atoms. The Morgan fingerprint density at radius 2 is 2.33 bits per heavy atom. The Kier molecular flexibility index (Phi) is 3.04. The number of hydrogen-bond donors (Lipinski definition) is 0. The lowest BCUT2D eigenvalue weighted by atomic mass is 9.98. The summed E-state index contributed by atoms with van der Waals surface area (Å²) >= 11 is 1.69. The van der Waals surface area contributed by atoms with E-state index in [2.05, 4.69) is 32.7 Å². The van der Waals surface area contributed by atoms with Gasteiger partial charge in [-0.05, 0) is 26.5 Å². The highest BCUT2D eigenvalue weighted by atomic mass is 32.2. The zero-order chi connectivity index (χ0) is 9.19. The van der Waals surface area contributed by atoms with Crippen LogP contribution < -0.4 is 0 Å². The zero-order valence-electron chi connectivity index (χ0n) is 8.26. The normalized spacial score (nSPS) is 27.7. The van der Waals surface area contributed by atoms with Crippen LogP contribution >= 0.6 is 11.8 Å². The van der Waals surface area contributed by atoms with E-state index in [0.29, 0.717) is 6.10 Å². The lowest BCUT2D eigenvalue weighted by molar-refractivity contribution is 0.152. The maximum Gasteiger partial charge on any atom is 0.246 e. The molecule has 0 saturated carbocycles. The molecule has 0 fully saturated rings. The molecule has 0 aromatic heterocycles. The van der Waals surface area contributed by atoms with Crippen LogP contribution in [-0.4, -0.2) is 22.6 Å². The summed E-state index contributed by atoms with van der Waals surface area (Å²) in [5.41, 5.74) is 0.0647. The molecule has 1 rings (SSSR count). The summed E-state index contributed by atoms with van der Waals surface area (Å²) < 4.78 is 5.58. The SMILES string of the molecule is CCSC1=NC(C)(C)C[C@@H](C)O1. The van der Waals surface area contributed by atoms with Crippen molar-refractivity contribution >= 4 is 17.0 Å². The van der Waals surface area contributed by atoms with Gasteiger partial charge in [-0.1, -0.05) is 18.7 Å². The Balaban J connectivity index is 2.66. The molecular weight excluding hydrogens is 170 g/mol. The van der Waals surface area contributed by atoms with Gasteiger partial charge >= 0.3 is 0 Å². The van der Waals surface area contributed by atoms with Crippen molar-refractivity contribution in [2.24, 2.45) is 4.99 Å². The van der Waals surface area contributed by atoms with Crippen molar-refractivity contribution in [3.05, 3.63) is 0 Å². The number of hydrogen-bond acceptors (Lipinski definition) is 3. The second-order valence-electron chi connectivity index (χ2n) is 3.76. The summed E-state index contributed by atoms with van der Waals surface area (Å²) in [4.78, 5) is 4.51. The molecule has 0 radical (unpaired) electrons. The van der Waals surface area contributed by atoms with E-state index in [-0.39, 0.29) is 5.54 Å². The molecule has 0 N–H and O–H groups in total. The van der Waals surface area contributed by atoms with Crippen LogP contribution in [0.1, 0.15) is 34.1 Å². The first-order valence-electron chi connectivity index (χ1n) is 4.43. The average molecular weight is 187 g/mol. The molecule has 1 atom stereocenters. The average Bonchev–Trinajstić information content (AvgIpc) is 1.82. The molecule has 1 aliphatic heterocycles. The minimum atomic E-state index is 0.0647. The fourth-order valence-corrected chi connectivity index (χ4v) is 2.22. The van der Waals surface area contributed by atoms with Gasteiger partial charge in [-0.2, -0.15) is 0 Å². The van der Waals surface area contributed by atoms with E-state index in [1.165, 1.54) is 0 Å². The third-order valence-electron chi connectivity index (χ3n) is 1.75. The predicted molar refractivity (Wildman–Crippen MR) is 54.8 cm³/mol. The molecule has 0 aromatic rings. The summed E-state index contributed by atoms with van der Waals surface area (Å²) in [6, 6.07) is 0.